The van der Waals surface area contributed by atoms with E-state index >= 15 is 0 Å². The largest absolute Gasteiger partial charge is 0.496 e. The minimum absolute atomic E-state index is 0.0130. The molecule has 1 aliphatic carbocycles. The Hall–Kier alpha value is -2.01. The normalized spacial score (nSPS) is 13.4. The number of amides is 1. The summed E-state index contributed by atoms with van der Waals surface area (Å²) in [5.74, 6) is 1.35. The number of nitrogens with zero attached hydrogens (tertiary/aromatic N) is 1. The van der Waals surface area contributed by atoms with E-state index in [1.807, 2.05) is 30.0 Å². The topological polar surface area (TPSA) is 38.8 Å². The van der Waals surface area contributed by atoms with Crippen molar-refractivity contribution in [2.24, 2.45) is 0 Å². The average Bonchev–Trinajstić information content (AvgIpc) is 3.44. The summed E-state index contributed by atoms with van der Waals surface area (Å²) in [6.45, 7) is 2.52. The maximum atomic E-state index is 13.2. The molecule has 2 aromatic carbocycles. The molecule has 0 spiro atoms. The number of ether oxygens (including phenoxy) is 2. The molecule has 0 bridgehead atoms. The van der Waals surface area contributed by atoms with Gasteiger partial charge >= 0.3 is 0 Å². The van der Waals surface area contributed by atoms with Crippen molar-refractivity contribution in [1.82, 2.24) is 4.90 Å². The van der Waals surface area contributed by atoms with Gasteiger partial charge in [-0.25, -0.2) is 0 Å². The Morgan fingerprint density at radius 2 is 1.80 bits per heavy atom. The van der Waals surface area contributed by atoms with E-state index in [0.717, 1.165) is 28.4 Å². The molecule has 0 atom stereocenters. The fourth-order valence-electron chi connectivity index (χ4n) is 2.96. The molecule has 3 rings (SSSR count). The highest BCUT2D eigenvalue weighted by Gasteiger charge is 2.33. The first kappa shape index (κ1) is 17.8. The molecule has 0 heterocycles. The van der Waals surface area contributed by atoms with Gasteiger partial charge in [-0.2, -0.15) is 0 Å². The predicted molar refractivity (Wildman–Crippen MR) is 101 cm³/mol. The summed E-state index contributed by atoms with van der Waals surface area (Å²) < 4.78 is 11.8. The summed E-state index contributed by atoms with van der Waals surface area (Å²) in [7, 11) is 3.21. The van der Waals surface area contributed by atoms with Crippen LogP contribution < -0.4 is 9.47 Å². The lowest BCUT2D eigenvalue weighted by Crippen LogP contribution is -2.32. The molecule has 0 radical (unpaired) electrons. The van der Waals surface area contributed by atoms with E-state index in [2.05, 4.69) is 22.0 Å². The number of carbonyl (C=O) groups is 1. The number of methoxy groups -OCH3 is 2. The van der Waals surface area contributed by atoms with E-state index in [-0.39, 0.29) is 5.91 Å². The second-order valence-corrected chi connectivity index (χ2v) is 7.22. The highest BCUT2D eigenvalue weighted by Crippen LogP contribution is 2.34. The minimum atomic E-state index is 0.0130. The molecule has 1 saturated carbocycles. The third-order valence-electron chi connectivity index (χ3n) is 4.49. The maximum Gasteiger partial charge on any atom is 0.254 e. The zero-order valence-corrected chi connectivity index (χ0v) is 16.3. The second kappa shape index (κ2) is 7.48. The van der Waals surface area contributed by atoms with Crippen LogP contribution in [0.15, 0.2) is 40.9 Å². The average molecular weight is 404 g/mol. The first-order chi connectivity index (χ1) is 12.0. The lowest BCUT2D eigenvalue weighted by molar-refractivity contribution is 0.0729. The number of hydrogen-bond donors (Lipinski definition) is 0. The van der Waals surface area contributed by atoms with Gasteiger partial charge in [-0.15, -0.1) is 0 Å². The van der Waals surface area contributed by atoms with Crippen molar-refractivity contribution in [3.8, 4) is 11.5 Å². The lowest BCUT2D eigenvalue weighted by atomic mass is 10.1. The van der Waals surface area contributed by atoms with E-state index in [9.17, 15) is 4.79 Å². The number of benzene rings is 2. The fraction of sp³-hybridized carbons (Fsp3) is 0.350. The first-order valence-corrected chi connectivity index (χ1v) is 9.11. The van der Waals surface area contributed by atoms with Gasteiger partial charge in [0, 0.05) is 28.2 Å². The van der Waals surface area contributed by atoms with Crippen LogP contribution in [-0.4, -0.2) is 31.1 Å². The van der Waals surface area contributed by atoms with Gasteiger partial charge in [0.1, 0.15) is 11.5 Å². The van der Waals surface area contributed by atoms with Crippen LogP contribution in [0.25, 0.3) is 0 Å². The summed E-state index contributed by atoms with van der Waals surface area (Å²) in [5.41, 5.74) is 2.60. The van der Waals surface area contributed by atoms with Crippen LogP contribution in [0.4, 0.5) is 0 Å². The molecule has 0 aliphatic heterocycles. The van der Waals surface area contributed by atoms with Crippen LogP contribution in [0, 0.1) is 6.92 Å². The number of halogens is 1. The molecule has 1 aliphatic rings. The molecular formula is C20H22BrNO3. The molecule has 132 valence electrons. The summed E-state index contributed by atoms with van der Waals surface area (Å²) in [6.07, 6.45) is 2.11. The zero-order chi connectivity index (χ0) is 18.0. The van der Waals surface area contributed by atoms with Crippen molar-refractivity contribution in [3.63, 3.8) is 0 Å². The molecule has 0 N–H and O–H groups in total. The van der Waals surface area contributed by atoms with E-state index in [0.29, 0.717) is 29.6 Å². The van der Waals surface area contributed by atoms with Crippen molar-refractivity contribution in [1.29, 1.82) is 0 Å². The number of hydrogen-bond acceptors (Lipinski definition) is 3. The number of rotatable bonds is 6. The summed E-state index contributed by atoms with van der Waals surface area (Å²) in [5, 5.41) is 0. The summed E-state index contributed by atoms with van der Waals surface area (Å²) in [6, 6.07) is 12.0. The van der Waals surface area contributed by atoms with Gasteiger partial charge in [0.2, 0.25) is 0 Å². The van der Waals surface area contributed by atoms with Gasteiger partial charge in [-0.05, 0) is 49.6 Å². The minimum Gasteiger partial charge on any atom is -0.496 e. The monoisotopic (exact) mass is 403 g/mol. The lowest BCUT2D eigenvalue weighted by Gasteiger charge is -2.24. The third-order valence-corrected chi connectivity index (χ3v) is 4.98. The zero-order valence-electron chi connectivity index (χ0n) is 14.7. The quantitative estimate of drug-likeness (QED) is 0.708. The fourth-order valence-corrected chi connectivity index (χ4v) is 3.41. The van der Waals surface area contributed by atoms with Gasteiger partial charge in [0.15, 0.2) is 0 Å². The van der Waals surface area contributed by atoms with E-state index in [1.165, 1.54) is 0 Å². The van der Waals surface area contributed by atoms with Crippen LogP contribution in [-0.2, 0) is 6.54 Å². The van der Waals surface area contributed by atoms with Crippen molar-refractivity contribution in [3.05, 3.63) is 57.6 Å². The SMILES string of the molecule is COc1cc(C(=O)N(Cc2cccc(Br)c2)C2CC2)cc(OC)c1C. The van der Waals surface area contributed by atoms with Crippen LogP contribution in [0.2, 0.25) is 0 Å². The van der Waals surface area contributed by atoms with Gasteiger partial charge in [0.05, 0.1) is 14.2 Å². The van der Waals surface area contributed by atoms with E-state index < -0.39 is 0 Å². The van der Waals surface area contributed by atoms with Crippen LogP contribution in [0.1, 0.15) is 34.3 Å². The van der Waals surface area contributed by atoms with E-state index in [4.69, 9.17) is 9.47 Å². The predicted octanol–water partition coefficient (Wildman–Crippen LogP) is 4.58. The number of carbonyl (C=O) groups excluding carboxylic acids is 1. The van der Waals surface area contributed by atoms with Gasteiger partial charge in [-0.1, -0.05) is 28.1 Å². The molecule has 5 heteroatoms. The van der Waals surface area contributed by atoms with Gasteiger partial charge in [0.25, 0.3) is 5.91 Å². The van der Waals surface area contributed by atoms with Crippen molar-refractivity contribution in [2.75, 3.05) is 14.2 Å². The maximum absolute atomic E-state index is 13.2. The molecule has 1 fully saturated rings. The highest BCUT2D eigenvalue weighted by atomic mass is 79.9. The smallest absolute Gasteiger partial charge is 0.254 e. The first-order valence-electron chi connectivity index (χ1n) is 8.31. The molecule has 2 aromatic rings. The Morgan fingerprint density at radius 1 is 1.16 bits per heavy atom. The Morgan fingerprint density at radius 3 is 2.32 bits per heavy atom. The highest BCUT2D eigenvalue weighted by molar-refractivity contribution is 9.10. The van der Waals surface area contributed by atoms with Crippen molar-refractivity contribution >= 4 is 21.8 Å². The van der Waals surface area contributed by atoms with Crippen molar-refractivity contribution in [2.45, 2.75) is 32.4 Å². The Labute approximate surface area is 156 Å². The Kier molecular flexibility index (Phi) is 5.33. The van der Waals surface area contributed by atoms with Crippen LogP contribution in [0.3, 0.4) is 0 Å². The van der Waals surface area contributed by atoms with Crippen LogP contribution >= 0.6 is 15.9 Å². The van der Waals surface area contributed by atoms with Crippen LogP contribution in [0.5, 0.6) is 11.5 Å². The second-order valence-electron chi connectivity index (χ2n) is 6.30. The standard InChI is InChI=1S/C20H22BrNO3/c1-13-18(24-2)10-15(11-19(13)25-3)20(23)22(17-7-8-17)12-14-5-4-6-16(21)9-14/h4-6,9-11,17H,7-8,12H2,1-3H3. The molecule has 25 heavy (non-hydrogen) atoms. The van der Waals surface area contributed by atoms with E-state index in [1.54, 1.807) is 26.4 Å². The Bertz CT molecular complexity index is 761. The van der Waals surface area contributed by atoms with Gasteiger partial charge < -0.3 is 14.4 Å². The molecule has 0 unspecified atom stereocenters. The molecule has 4 nitrogen and oxygen atoms in total. The molecule has 0 saturated heterocycles. The third kappa shape index (κ3) is 3.98. The summed E-state index contributed by atoms with van der Waals surface area (Å²) in [4.78, 5) is 15.1. The molecule has 0 aromatic heterocycles. The Balaban J connectivity index is 1.91. The summed E-state index contributed by atoms with van der Waals surface area (Å²) >= 11 is 3.50. The van der Waals surface area contributed by atoms with Crippen molar-refractivity contribution < 1.29 is 14.3 Å². The molecule has 1 amide bonds. The van der Waals surface area contributed by atoms with Gasteiger partial charge in [-0.3, -0.25) is 4.79 Å². The molecular weight excluding hydrogens is 382 g/mol.